The van der Waals surface area contributed by atoms with Gasteiger partial charge in [-0.15, -0.1) is 17.5 Å². The molecular formula is C16H19ClN6O2. The molecule has 132 valence electrons. The van der Waals surface area contributed by atoms with E-state index in [0.29, 0.717) is 29.3 Å². The molecule has 0 bridgehead atoms. The van der Waals surface area contributed by atoms with Gasteiger partial charge in [0.15, 0.2) is 0 Å². The summed E-state index contributed by atoms with van der Waals surface area (Å²) in [6.07, 6.45) is 3.95. The van der Waals surface area contributed by atoms with Crippen molar-refractivity contribution in [2.45, 2.75) is 18.9 Å². The molecule has 1 unspecified atom stereocenters. The first kappa shape index (κ1) is 17.4. The van der Waals surface area contributed by atoms with Crippen LogP contribution in [-0.2, 0) is 0 Å². The molecule has 1 aromatic carbocycles. The van der Waals surface area contributed by atoms with E-state index in [-0.39, 0.29) is 12.4 Å². The van der Waals surface area contributed by atoms with Crippen molar-refractivity contribution in [3.63, 3.8) is 0 Å². The molecule has 0 aliphatic carbocycles. The number of methoxy groups -OCH3 is 1. The summed E-state index contributed by atoms with van der Waals surface area (Å²) < 4.78 is 12.5. The van der Waals surface area contributed by atoms with Crippen molar-refractivity contribution in [3.8, 4) is 28.9 Å². The highest BCUT2D eigenvalue weighted by Crippen LogP contribution is 2.28. The predicted molar refractivity (Wildman–Crippen MR) is 93.7 cm³/mol. The van der Waals surface area contributed by atoms with Gasteiger partial charge in [-0.2, -0.15) is 4.98 Å². The number of rotatable bonds is 4. The van der Waals surface area contributed by atoms with Crippen LogP contribution in [0.25, 0.3) is 23.1 Å². The second kappa shape index (κ2) is 7.62. The van der Waals surface area contributed by atoms with Crippen molar-refractivity contribution >= 4 is 12.4 Å². The number of nitrogens with zero attached hydrogens (tertiary/aromatic N) is 5. The maximum absolute atomic E-state index is 5.33. The Morgan fingerprint density at radius 1 is 1.28 bits per heavy atom. The molecule has 1 atom stereocenters. The molecule has 1 aliphatic rings. The summed E-state index contributed by atoms with van der Waals surface area (Å²) in [5, 5.41) is 11.9. The van der Waals surface area contributed by atoms with Gasteiger partial charge in [0.25, 0.3) is 5.89 Å². The Hall–Kier alpha value is -2.45. The topological polar surface area (TPSA) is 90.9 Å². The third-order valence-electron chi connectivity index (χ3n) is 4.12. The van der Waals surface area contributed by atoms with E-state index in [1.54, 1.807) is 13.4 Å². The maximum atomic E-state index is 5.33. The summed E-state index contributed by atoms with van der Waals surface area (Å²) in [6, 6.07) is 7.85. The Bertz CT molecular complexity index is 827. The van der Waals surface area contributed by atoms with Crippen LogP contribution in [0.4, 0.5) is 0 Å². The van der Waals surface area contributed by atoms with Gasteiger partial charge in [0, 0.05) is 6.54 Å². The highest BCUT2D eigenvalue weighted by atomic mass is 35.5. The Morgan fingerprint density at radius 3 is 2.96 bits per heavy atom. The molecular weight excluding hydrogens is 344 g/mol. The van der Waals surface area contributed by atoms with Gasteiger partial charge in [-0.3, -0.25) is 0 Å². The van der Waals surface area contributed by atoms with Crippen LogP contribution in [0.1, 0.15) is 18.9 Å². The van der Waals surface area contributed by atoms with E-state index >= 15 is 0 Å². The van der Waals surface area contributed by atoms with E-state index in [2.05, 4.69) is 25.5 Å². The number of para-hydroxylation sites is 1. The van der Waals surface area contributed by atoms with Gasteiger partial charge in [0.1, 0.15) is 12.1 Å². The van der Waals surface area contributed by atoms with Crippen molar-refractivity contribution in [1.82, 2.24) is 30.2 Å². The van der Waals surface area contributed by atoms with E-state index in [9.17, 15) is 0 Å². The average molecular weight is 363 g/mol. The van der Waals surface area contributed by atoms with E-state index in [1.807, 2.05) is 28.9 Å². The first-order valence-electron chi connectivity index (χ1n) is 7.94. The van der Waals surface area contributed by atoms with Crippen molar-refractivity contribution in [2.24, 2.45) is 0 Å². The summed E-state index contributed by atoms with van der Waals surface area (Å²) in [5.74, 6) is 1.89. The molecule has 1 aliphatic heterocycles. The molecule has 4 rings (SSSR count). The second-order valence-electron chi connectivity index (χ2n) is 5.67. The Labute approximate surface area is 151 Å². The number of nitrogens with one attached hydrogen (secondary N) is 1. The molecule has 0 saturated carbocycles. The van der Waals surface area contributed by atoms with Crippen LogP contribution in [0.5, 0.6) is 5.75 Å². The molecule has 1 fully saturated rings. The Kier molecular flexibility index (Phi) is 5.30. The number of hydrogen-bond acceptors (Lipinski definition) is 7. The normalized spacial score (nSPS) is 17.1. The van der Waals surface area contributed by atoms with Crippen LogP contribution in [0, 0.1) is 0 Å². The molecule has 8 nitrogen and oxygen atoms in total. The van der Waals surface area contributed by atoms with E-state index in [1.165, 1.54) is 0 Å². The molecule has 0 radical (unpaired) electrons. The number of hydrogen-bond donors (Lipinski definition) is 1. The van der Waals surface area contributed by atoms with E-state index in [4.69, 9.17) is 9.26 Å². The standard InChI is InChI=1S/C16H18N6O2.ClH/c1-23-13-7-3-2-6-12(13)14-19-16(24-21-14)15-18-10-22(20-15)11-5-4-8-17-9-11;/h2-3,6-7,10-11,17H,4-5,8-9H2,1H3;1H. The minimum absolute atomic E-state index is 0. The molecule has 0 spiro atoms. The van der Waals surface area contributed by atoms with Gasteiger partial charge in [-0.05, 0) is 31.5 Å². The lowest BCUT2D eigenvalue weighted by molar-refractivity contribution is 0.345. The van der Waals surface area contributed by atoms with Crippen LogP contribution in [0.3, 0.4) is 0 Å². The predicted octanol–water partition coefficient (Wildman–Crippen LogP) is 2.35. The molecule has 1 saturated heterocycles. The van der Waals surface area contributed by atoms with E-state index in [0.717, 1.165) is 31.5 Å². The van der Waals surface area contributed by atoms with Gasteiger partial charge in [0.05, 0.1) is 18.7 Å². The number of ether oxygens (including phenoxy) is 1. The van der Waals surface area contributed by atoms with Crippen LogP contribution in [0.15, 0.2) is 35.1 Å². The summed E-state index contributed by atoms with van der Waals surface area (Å²) in [7, 11) is 1.61. The van der Waals surface area contributed by atoms with Crippen LogP contribution in [-0.4, -0.2) is 45.1 Å². The quantitative estimate of drug-likeness (QED) is 0.761. The highest BCUT2D eigenvalue weighted by Gasteiger charge is 2.20. The summed E-state index contributed by atoms with van der Waals surface area (Å²) >= 11 is 0. The van der Waals surface area contributed by atoms with Gasteiger partial charge in [-0.1, -0.05) is 17.3 Å². The maximum Gasteiger partial charge on any atom is 0.297 e. The minimum Gasteiger partial charge on any atom is -0.496 e. The van der Waals surface area contributed by atoms with Gasteiger partial charge in [-0.25, -0.2) is 9.67 Å². The molecule has 1 N–H and O–H groups in total. The second-order valence-corrected chi connectivity index (χ2v) is 5.67. The average Bonchev–Trinajstić information content (AvgIpc) is 3.32. The lowest BCUT2D eigenvalue weighted by atomic mass is 10.1. The Balaban J connectivity index is 0.00000182. The number of benzene rings is 1. The van der Waals surface area contributed by atoms with E-state index < -0.39 is 0 Å². The third-order valence-corrected chi connectivity index (χ3v) is 4.12. The zero-order valence-electron chi connectivity index (χ0n) is 13.8. The van der Waals surface area contributed by atoms with Crippen molar-refractivity contribution in [1.29, 1.82) is 0 Å². The van der Waals surface area contributed by atoms with Crippen molar-refractivity contribution < 1.29 is 9.26 Å². The monoisotopic (exact) mass is 362 g/mol. The van der Waals surface area contributed by atoms with Crippen LogP contribution < -0.4 is 10.1 Å². The summed E-state index contributed by atoms with van der Waals surface area (Å²) in [5.41, 5.74) is 0.769. The molecule has 2 aromatic heterocycles. The zero-order valence-corrected chi connectivity index (χ0v) is 14.6. The van der Waals surface area contributed by atoms with Crippen molar-refractivity contribution in [3.05, 3.63) is 30.6 Å². The van der Waals surface area contributed by atoms with Crippen molar-refractivity contribution in [2.75, 3.05) is 20.2 Å². The van der Waals surface area contributed by atoms with Crippen LogP contribution >= 0.6 is 12.4 Å². The third kappa shape index (κ3) is 3.49. The fourth-order valence-corrected chi connectivity index (χ4v) is 2.86. The molecule has 0 amide bonds. The largest absolute Gasteiger partial charge is 0.496 e. The SMILES string of the molecule is COc1ccccc1-c1noc(-c2ncn(C3CCCNC3)n2)n1.Cl. The fourth-order valence-electron chi connectivity index (χ4n) is 2.86. The number of halogens is 1. The van der Waals surface area contributed by atoms with Gasteiger partial charge < -0.3 is 14.6 Å². The first-order valence-corrected chi connectivity index (χ1v) is 7.94. The first-order chi connectivity index (χ1) is 11.8. The fraction of sp³-hybridized carbons (Fsp3) is 0.375. The Morgan fingerprint density at radius 2 is 2.16 bits per heavy atom. The molecule has 25 heavy (non-hydrogen) atoms. The zero-order chi connectivity index (χ0) is 16.4. The highest BCUT2D eigenvalue weighted by molar-refractivity contribution is 5.85. The van der Waals surface area contributed by atoms with Gasteiger partial charge in [0.2, 0.25) is 11.6 Å². The minimum atomic E-state index is 0. The molecule has 9 heteroatoms. The smallest absolute Gasteiger partial charge is 0.297 e. The summed E-state index contributed by atoms with van der Waals surface area (Å²) in [4.78, 5) is 8.71. The molecule has 3 aromatic rings. The lowest BCUT2D eigenvalue weighted by Gasteiger charge is -2.22. The number of aromatic nitrogens is 5. The summed E-state index contributed by atoms with van der Waals surface area (Å²) in [6.45, 7) is 1.96. The number of piperidine rings is 1. The molecule has 3 heterocycles. The lowest BCUT2D eigenvalue weighted by Crippen LogP contribution is -2.31. The van der Waals surface area contributed by atoms with Crippen LogP contribution in [0.2, 0.25) is 0 Å². The van der Waals surface area contributed by atoms with Gasteiger partial charge >= 0.3 is 0 Å².